The fraction of sp³-hybridized carbons (Fsp3) is 0.214. The van der Waals surface area contributed by atoms with E-state index in [4.69, 9.17) is 5.73 Å². The van der Waals surface area contributed by atoms with Gasteiger partial charge in [0.25, 0.3) is 5.91 Å². The lowest BCUT2D eigenvalue weighted by atomic mass is 10.1. The van der Waals surface area contributed by atoms with Gasteiger partial charge in [0, 0.05) is 23.7 Å². The summed E-state index contributed by atoms with van der Waals surface area (Å²) in [4.78, 5) is 19.1. The van der Waals surface area contributed by atoms with E-state index in [2.05, 4.69) is 9.97 Å². The Kier molecular flexibility index (Phi) is 4.99. The fourth-order valence-corrected chi connectivity index (χ4v) is 1.52. The summed E-state index contributed by atoms with van der Waals surface area (Å²) < 4.78 is 0. The Balaban J connectivity index is 0.000000771. The van der Waals surface area contributed by atoms with Gasteiger partial charge in [0.1, 0.15) is 5.69 Å². The summed E-state index contributed by atoms with van der Waals surface area (Å²) in [5.41, 5.74) is 8.23. The van der Waals surface area contributed by atoms with Crippen LogP contribution >= 0.6 is 0 Å². The Bertz CT molecular complexity index is 538. The molecule has 4 heteroatoms. The maximum atomic E-state index is 11.0. The van der Waals surface area contributed by atoms with Gasteiger partial charge in [0.15, 0.2) is 0 Å². The molecular formula is C14H17N3O. The van der Waals surface area contributed by atoms with E-state index in [1.54, 1.807) is 18.5 Å². The van der Waals surface area contributed by atoms with Crippen LogP contribution in [0.1, 0.15) is 30.0 Å². The smallest absolute Gasteiger partial charge is 0.267 e. The molecule has 2 aromatic rings. The molecule has 2 heterocycles. The van der Waals surface area contributed by atoms with Gasteiger partial charge in [-0.1, -0.05) is 19.9 Å². The zero-order chi connectivity index (χ0) is 13.5. The predicted octanol–water partition coefficient (Wildman–Crippen LogP) is 2.58. The molecule has 0 aromatic carbocycles. The van der Waals surface area contributed by atoms with Crippen LogP contribution in [0, 0.1) is 6.92 Å². The molecule has 0 atom stereocenters. The second-order valence-corrected chi connectivity index (χ2v) is 3.43. The van der Waals surface area contributed by atoms with Gasteiger partial charge in [-0.25, -0.2) is 0 Å². The number of amides is 1. The zero-order valence-corrected chi connectivity index (χ0v) is 10.8. The van der Waals surface area contributed by atoms with Crippen molar-refractivity contribution < 1.29 is 4.79 Å². The number of nitrogens with zero attached hydrogens (tertiary/aromatic N) is 2. The Labute approximate surface area is 107 Å². The summed E-state index contributed by atoms with van der Waals surface area (Å²) in [6, 6.07) is 7.30. The Hall–Kier alpha value is -2.23. The van der Waals surface area contributed by atoms with E-state index in [-0.39, 0.29) is 5.69 Å². The number of hydrogen-bond donors (Lipinski definition) is 1. The van der Waals surface area contributed by atoms with E-state index in [0.29, 0.717) is 0 Å². The van der Waals surface area contributed by atoms with Crippen molar-refractivity contribution in [1.82, 2.24) is 9.97 Å². The molecule has 4 nitrogen and oxygen atoms in total. The summed E-state index contributed by atoms with van der Waals surface area (Å²) in [5.74, 6) is -0.525. The summed E-state index contributed by atoms with van der Waals surface area (Å²) in [6.45, 7) is 5.92. The van der Waals surface area contributed by atoms with Gasteiger partial charge in [0.05, 0.1) is 0 Å². The molecule has 0 aliphatic carbocycles. The van der Waals surface area contributed by atoms with E-state index < -0.39 is 5.91 Å². The van der Waals surface area contributed by atoms with E-state index in [1.165, 1.54) is 0 Å². The highest BCUT2D eigenvalue weighted by atomic mass is 16.1. The lowest BCUT2D eigenvalue weighted by molar-refractivity contribution is 0.0995. The lowest BCUT2D eigenvalue weighted by Gasteiger charge is -2.05. The molecule has 0 unspecified atom stereocenters. The van der Waals surface area contributed by atoms with Crippen molar-refractivity contribution in [3.8, 4) is 11.1 Å². The highest BCUT2D eigenvalue weighted by Gasteiger charge is 2.06. The molecule has 0 radical (unpaired) electrons. The second-order valence-electron chi connectivity index (χ2n) is 3.43. The van der Waals surface area contributed by atoms with Crippen LogP contribution in [0.4, 0.5) is 0 Å². The van der Waals surface area contributed by atoms with Crippen LogP contribution in [-0.2, 0) is 0 Å². The third kappa shape index (κ3) is 3.13. The molecule has 0 fully saturated rings. The largest absolute Gasteiger partial charge is 0.364 e. The number of aryl methyl sites for hydroxylation is 1. The van der Waals surface area contributed by atoms with Gasteiger partial charge in [-0.05, 0) is 30.7 Å². The van der Waals surface area contributed by atoms with E-state index in [1.807, 2.05) is 39.0 Å². The van der Waals surface area contributed by atoms with Crippen LogP contribution < -0.4 is 5.73 Å². The lowest BCUT2D eigenvalue weighted by Crippen LogP contribution is -2.12. The SMILES string of the molecule is CC.Cc1ncccc1-c1ccnc(C(N)=O)c1. The van der Waals surface area contributed by atoms with Crippen molar-refractivity contribution >= 4 is 5.91 Å². The normalized spacial score (nSPS) is 9.28. The van der Waals surface area contributed by atoms with Crippen LogP contribution in [0.3, 0.4) is 0 Å². The first kappa shape index (κ1) is 13.8. The molecule has 0 aliphatic heterocycles. The number of aromatic nitrogens is 2. The van der Waals surface area contributed by atoms with E-state index >= 15 is 0 Å². The molecule has 0 saturated carbocycles. The third-order valence-electron chi connectivity index (χ3n) is 2.33. The van der Waals surface area contributed by atoms with Gasteiger partial charge < -0.3 is 5.73 Å². The number of carbonyl (C=O) groups excluding carboxylic acids is 1. The zero-order valence-electron chi connectivity index (χ0n) is 10.8. The van der Waals surface area contributed by atoms with Gasteiger partial charge in [-0.15, -0.1) is 0 Å². The molecule has 2 aromatic heterocycles. The highest BCUT2D eigenvalue weighted by molar-refractivity contribution is 5.92. The first-order valence-electron chi connectivity index (χ1n) is 5.86. The molecule has 2 N–H and O–H groups in total. The third-order valence-corrected chi connectivity index (χ3v) is 2.33. The molecular weight excluding hydrogens is 226 g/mol. The molecule has 94 valence electrons. The summed E-state index contributed by atoms with van der Waals surface area (Å²) in [6.07, 6.45) is 3.30. The highest BCUT2D eigenvalue weighted by Crippen LogP contribution is 2.21. The Morgan fingerprint density at radius 2 is 1.89 bits per heavy atom. The fourth-order valence-electron chi connectivity index (χ4n) is 1.52. The molecule has 0 spiro atoms. The van der Waals surface area contributed by atoms with Crippen LogP contribution in [0.25, 0.3) is 11.1 Å². The van der Waals surface area contributed by atoms with E-state index in [9.17, 15) is 4.79 Å². The molecule has 0 aliphatic rings. The summed E-state index contributed by atoms with van der Waals surface area (Å²) in [7, 11) is 0. The van der Waals surface area contributed by atoms with Crippen molar-refractivity contribution in [2.75, 3.05) is 0 Å². The Morgan fingerprint density at radius 3 is 2.50 bits per heavy atom. The van der Waals surface area contributed by atoms with Crippen LogP contribution in [-0.4, -0.2) is 15.9 Å². The first-order valence-corrected chi connectivity index (χ1v) is 5.86. The van der Waals surface area contributed by atoms with Crippen LogP contribution in [0.5, 0.6) is 0 Å². The predicted molar refractivity (Wildman–Crippen MR) is 72.1 cm³/mol. The van der Waals surface area contributed by atoms with Gasteiger partial charge >= 0.3 is 0 Å². The maximum absolute atomic E-state index is 11.0. The quantitative estimate of drug-likeness (QED) is 0.881. The minimum Gasteiger partial charge on any atom is -0.364 e. The van der Waals surface area contributed by atoms with Gasteiger partial charge in [-0.2, -0.15) is 0 Å². The van der Waals surface area contributed by atoms with Crippen LogP contribution in [0.15, 0.2) is 36.7 Å². The van der Waals surface area contributed by atoms with Crippen molar-refractivity contribution in [2.24, 2.45) is 5.73 Å². The molecule has 0 saturated heterocycles. The van der Waals surface area contributed by atoms with Crippen molar-refractivity contribution in [3.63, 3.8) is 0 Å². The monoisotopic (exact) mass is 243 g/mol. The molecule has 2 rings (SSSR count). The average molecular weight is 243 g/mol. The van der Waals surface area contributed by atoms with Gasteiger partial charge in [0.2, 0.25) is 0 Å². The summed E-state index contributed by atoms with van der Waals surface area (Å²) >= 11 is 0. The summed E-state index contributed by atoms with van der Waals surface area (Å²) in [5, 5.41) is 0. The number of rotatable bonds is 2. The topological polar surface area (TPSA) is 68.9 Å². The number of primary amides is 1. The minimum atomic E-state index is -0.525. The Morgan fingerprint density at radius 1 is 1.17 bits per heavy atom. The van der Waals surface area contributed by atoms with Crippen LogP contribution in [0.2, 0.25) is 0 Å². The molecule has 0 bridgehead atoms. The second kappa shape index (κ2) is 6.49. The number of pyridine rings is 2. The van der Waals surface area contributed by atoms with Crippen molar-refractivity contribution in [2.45, 2.75) is 20.8 Å². The van der Waals surface area contributed by atoms with E-state index in [0.717, 1.165) is 16.8 Å². The maximum Gasteiger partial charge on any atom is 0.267 e. The molecule has 18 heavy (non-hydrogen) atoms. The standard InChI is InChI=1S/C12H11N3O.C2H6/c1-8-10(3-2-5-14-8)9-4-6-15-11(7-9)12(13)16;1-2/h2-7H,1H3,(H2,13,16);1-2H3. The van der Waals surface area contributed by atoms with Crippen molar-refractivity contribution in [3.05, 3.63) is 48.0 Å². The average Bonchev–Trinajstić information content (AvgIpc) is 2.42. The van der Waals surface area contributed by atoms with Gasteiger partial charge in [-0.3, -0.25) is 14.8 Å². The minimum absolute atomic E-state index is 0.265. The number of carbonyl (C=O) groups is 1. The molecule has 1 amide bonds. The number of nitrogens with two attached hydrogens (primary N) is 1. The number of hydrogen-bond acceptors (Lipinski definition) is 3. The van der Waals surface area contributed by atoms with Crippen molar-refractivity contribution in [1.29, 1.82) is 0 Å². The first-order chi connectivity index (χ1) is 8.68.